The Morgan fingerprint density at radius 3 is 2.31 bits per heavy atom. The lowest BCUT2D eigenvalue weighted by atomic mass is 9.70. The first-order valence-corrected chi connectivity index (χ1v) is 17.8. The van der Waals surface area contributed by atoms with Crippen LogP contribution in [0, 0.1) is 11.8 Å². The molecule has 3 aliphatic heterocycles. The van der Waals surface area contributed by atoms with Crippen molar-refractivity contribution in [1.29, 1.82) is 0 Å². The summed E-state index contributed by atoms with van der Waals surface area (Å²) < 4.78 is -0.813. The summed E-state index contributed by atoms with van der Waals surface area (Å²) in [6.45, 7) is 11.3. The van der Waals surface area contributed by atoms with Crippen LogP contribution >= 0.6 is 27.7 Å². The van der Waals surface area contributed by atoms with Gasteiger partial charge in [-0.3, -0.25) is 14.4 Å². The highest BCUT2D eigenvalue weighted by molar-refractivity contribution is 9.09. The summed E-state index contributed by atoms with van der Waals surface area (Å²) in [4.78, 5) is 49.4. The van der Waals surface area contributed by atoms with Crippen molar-refractivity contribution in [2.45, 2.75) is 66.1 Å². The van der Waals surface area contributed by atoms with Gasteiger partial charge in [0.2, 0.25) is 17.7 Å². The van der Waals surface area contributed by atoms with E-state index in [1.165, 1.54) is 0 Å². The Kier molecular flexibility index (Phi) is 10.9. The number of alkyl halides is 1. The highest BCUT2D eigenvalue weighted by Gasteiger charge is 2.76. The lowest BCUT2D eigenvalue weighted by Crippen LogP contribution is -2.56. The first kappa shape index (κ1) is 33.5. The summed E-state index contributed by atoms with van der Waals surface area (Å²) in [5.41, 5.74) is 1.76. The van der Waals surface area contributed by atoms with Gasteiger partial charge in [-0.2, -0.15) is 0 Å². The van der Waals surface area contributed by atoms with Crippen LogP contribution in [0.3, 0.4) is 0 Å². The molecule has 0 saturated carbocycles. The van der Waals surface area contributed by atoms with Crippen molar-refractivity contribution in [3.8, 4) is 0 Å². The molecule has 2 aromatic rings. The van der Waals surface area contributed by atoms with Crippen LogP contribution in [-0.2, 0) is 20.9 Å². The number of aliphatic hydroxyl groups excluding tert-OH is 1. The van der Waals surface area contributed by atoms with Gasteiger partial charge in [0, 0.05) is 36.3 Å². The second kappa shape index (κ2) is 14.7. The van der Waals surface area contributed by atoms with Crippen molar-refractivity contribution in [3.63, 3.8) is 0 Å². The number of thioether (sulfide) groups is 1. The van der Waals surface area contributed by atoms with E-state index in [1.54, 1.807) is 33.7 Å². The summed E-state index contributed by atoms with van der Waals surface area (Å²) in [7, 11) is 0. The highest BCUT2D eigenvalue weighted by Crippen LogP contribution is 2.68. The minimum Gasteiger partial charge on any atom is -0.394 e. The number of benzene rings is 2. The molecule has 45 heavy (non-hydrogen) atoms. The second-order valence-electron chi connectivity index (χ2n) is 12.3. The molecule has 2 bridgehead atoms. The predicted octanol–water partition coefficient (Wildman–Crippen LogP) is 5.60. The van der Waals surface area contributed by atoms with Crippen molar-refractivity contribution in [2.75, 3.05) is 26.2 Å². The summed E-state index contributed by atoms with van der Waals surface area (Å²) in [6, 6.07) is 17.7. The van der Waals surface area contributed by atoms with Crippen LogP contribution in [0.5, 0.6) is 0 Å². The van der Waals surface area contributed by atoms with E-state index in [0.717, 1.165) is 30.4 Å². The van der Waals surface area contributed by atoms with E-state index in [1.807, 2.05) is 65.6 Å². The minimum atomic E-state index is -0.830. The number of carbonyl (C=O) groups is 3. The monoisotopic (exact) mass is 693 g/mol. The van der Waals surface area contributed by atoms with Crippen molar-refractivity contribution >= 4 is 45.4 Å². The number of carbonyl (C=O) groups excluding carboxylic acids is 3. The molecule has 3 amide bonds. The number of nitrogens with zero attached hydrogens (tertiary/aromatic N) is 3. The van der Waals surface area contributed by atoms with Crippen LogP contribution in [0.4, 0.5) is 0 Å². The third-order valence-corrected chi connectivity index (χ3v) is 12.7. The molecule has 9 heteroatoms. The number of hydrogen-bond donors (Lipinski definition) is 1. The van der Waals surface area contributed by atoms with E-state index in [4.69, 9.17) is 0 Å². The molecule has 3 fully saturated rings. The van der Waals surface area contributed by atoms with Gasteiger partial charge >= 0.3 is 0 Å². The lowest BCUT2D eigenvalue weighted by Gasteiger charge is -2.40. The van der Waals surface area contributed by atoms with Gasteiger partial charge in [-0.15, -0.1) is 24.9 Å². The standard InChI is InChI=1S/C36H44BrN3O4S/c1-4-7-14-21-38(19-5-2)35(44)32-36-22-27(37)31(45-36)29(33(42)39(20-6-3)23-25-15-10-8-11-16-25)30(36)34(43)40(32)28(24-41)26-17-12-9-13-18-26/h5-6,8-13,15-18,27-32,41H,2-4,7,14,19-24H2,1H3/t27?,28-,29+,30+,31+,32?,36?/m1/s1. The van der Waals surface area contributed by atoms with E-state index < -0.39 is 28.7 Å². The Hall–Kier alpha value is -2.88. The number of amides is 3. The molecular formula is C36H44BrN3O4S. The zero-order valence-electron chi connectivity index (χ0n) is 26.0. The van der Waals surface area contributed by atoms with Crippen LogP contribution in [0.1, 0.15) is 49.8 Å². The van der Waals surface area contributed by atoms with Gasteiger partial charge in [-0.25, -0.2) is 0 Å². The predicted molar refractivity (Wildman–Crippen MR) is 184 cm³/mol. The average Bonchev–Trinajstić information content (AvgIpc) is 3.65. The fourth-order valence-corrected chi connectivity index (χ4v) is 11.2. The van der Waals surface area contributed by atoms with Crippen LogP contribution < -0.4 is 0 Å². The average molecular weight is 695 g/mol. The van der Waals surface area contributed by atoms with E-state index >= 15 is 0 Å². The normalized spacial score (nSPS) is 27.2. The molecule has 1 N–H and O–H groups in total. The quantitative estimate of drug-likeness (QED) is 0.149. The molecule has 0 aromatic heterocycles. The Morgan fingerprint density at radius 2 is 1.69 bits per heavy atom. The van der Waals surface area contributed by atoms with Crippen LogP contribution in [0.15, 0.2) is 86.0 Å². The van der Waals surface area contributed by atoms with Crippen LogP contribution in [0.25, 0.3) is 0 Å². The second-order valence-corrected chi connectivity index (χ2v) is 15.0. The van der Waals surface area contributed by atoms with E-state index in [2.05, 4.69) is 36.0 Å². The number of halogens is 1. The first-order valence-electron chi connectivity index (χ1n) is 16.0. The molecule has 0 radical (unpaired) electrons. The smallest absolute Gasteiger partial charge is 0.247 e. The molecule has 3 unspecified atom stereocenters. The molecule has 7 atom stereocenters. The summed E-state index contributed by atoms with van der Waals surface area (Å²) in [6.07, 6.45) is 6.90. The molecule has 2 aromatic carbocycles. The highest BCUT2D eigenvalue weighted by atomic mass is 79.9. The third-order valence-electron chi connectivity index (χ3n) is 9.51. The van der Waals surface area contributed by atoms with Crippen LogP contribution in [0.2, 0.25) is 0 Å². The van der Waals surface area contributed by atoms with Crippen molar-refractivity contribution in [3.05, 3.63) is 97.1 Å². The van der Waals surface area contributed by atoms with Crippen molar-refractivity contribution < 1.29 is 19.5 Å². The molecular weight excluding hydrogens is 650 g/mol. The van der Waals surface area contributed by atoms with E-state index in [-0.39, 0.29) is 34.4 Å². The number of likely N-dealkylation sites (tertiary alicyclic amines) is 1. The summed E-state index contributed by atoms with van der Waals surface area (Å²) >= 11 is 5.52. The third kappa shape index (κ3) is 6.28. The maximum absolute atomic E-state index is 14.9. The van der Waals surface area contributed by atoms with Crippen molar-refractivity contribution in [2.24, 2.45) is 11.8 Å². The molecule has 240 valence electrons. The van der Waals surface area contributed by atoms with Crippen molar-refractivity contribution in [1.82, 2.24) is 14.7 Å². The fraction of sp³-hybridized carbons (Fsp3) is 0.472. The Bertz CT molecular complexity index is 1380. The van der Waals surface area contributed by atoms with Gasteiger partial charge in [0.05, 0.1) is 29.2 Å². The van der Waals surface area contributed by atoms with Gasteiger partial charge in [-0.05, 0) is 24.0 Å². The Balaban J connectivity index is 1.58. The maximum Gasteiger partial charge on any atom is 0.247 e. The summed E-state index contributed by atoms with van der Waals surface area (Å²) in [5.74, 6) is -1.77. The van der Waals surface area contributed by atoms with E-state index in [9.17, 15) is 19.5 Å². The Labute approximate surface area is 279 Å². The van der Waals surface area contributed by atoms with Gasteiger partial charge in [0.1, 0.15) is 6.04 Å². The molecule has 1 spiro atoms. The van der Waals surface area contributed by atoms with Gasteiger partial charge < -0.3 is 19.8 Å². The number of hydrogen-bond acceptors (Lipinski definition) is 5. The summed E-state index contributed by atoms with van der Waals surface area (Å²) in [5, 5.41) is 10.7. The minimum absolute atomic E-state index is 0.0460. The zero-order valence-corrected chi connectivity index (χ0v) is 28.4. The van der Waals surface area contributed by atoms with Gasteiger partial charge in [-0.1, -0.05) is 109 Å². The largest absolute Gasteiger partial charge is 0.394 e. The Morgan fingerprint density at radius 1 is 1.04 bits per heavy atom. The van der Waals surface area contributed by atoms with Gasteiger partial charge in [0.15, 0.2) is 0 Å². The maximum atomic E-state index is 14.9. The molecule has 7 nitrogen and oxygen atoms in total. The molecule has 0 aliphatic carbocycles. The molecule has 3 saturated heterocycles. The van der Waals surface area contributed by atoms with E-state index in [0.29, 0.717) is 32.6 Å². The SMILES string of the molecule is C=CCN(CCCCC)C(=O)C1N([C@H](CO)c2ccccc2)C(=O)[C@@H]2[C@H](C(=O)N(CC=C)Cc3ccccc3)[C@H]3SC12CC3Br. The first-order chi connectivity index (χ1) is 21.8. The molecule has 3 heterocycles. The van der Waals surface area contributed by atoms with Gasteiger partial charge in [0.25, 0.3) is 0 Å². The zero-order chi connectivity index (χ0) is 32.1. The lowest BCUT2D eigenvalue weighted by molar-refractivity contribution is -0.147. The topological polar surface area (TPSA) is 81.2 Å². The fourth-order valence-electron chi connectivity index (χ4n) is 7.57. The number of aliphatic hydroxyl groups is 1. The molecule has 5 rings (SSSR count). The molecule has 3 aliphatic rings. The number of unbranched alkanes of at least 4 members (excludes halogenated alkanes) is 2. The number of rotatable bonds is 15. The number of fused-ring (bicyclic) bond motifs is 1. The van der Waals surface area contributed by atoms with Crippen LogP contribution in [-0.4, -0.2) is 84.6 Å².